The van der Waals surface area contributed by atoms with Crippen LogP contribution in [-0.4, -0.2) is 9.55 Å². The van der Waals surface area contributed by atoms with Crippen LogP contribution in [0.5, 0.6) is 11.5 Å². The molecule has 0 radical (unpaired) electrons. The molecule has 0 aliphatic rings. The summed E-state index contributed by atoms with van der Waals surface area (Å²) in [7, 11) is 1.77. The van der Waals surface area contributed by atoms with Gasteiger partial charge in [-0.25, -0.2) is 8.78 Å². The van der Waals surface area contributed by atoms with Gasteiger partial charge in [0.05, 0.1) is 11.6 Å². The molecule has 3 aromatic carbocycles. The zero-order valence-corrected chi connectivity index (χ0v) is 19.2. The Morgan fingerprint density at radius 1 is 1.03 bits per heavy atom. The van der Waals surface area contributed by atoms with Gasteiger partial charge in [0.1, 0.15) is 17.1 Å². The fourth-order valence-electron chi connectivity index (χ4n) is 4.18. The minimum absolute atomic E-state index is 0.126. The molecule has 178 valence electrons. The molecule has 0 spiro atoms. The number of hydrogen-bond donors (Lipinski definition) is 2. The Morgan fingerprint density at radius 2 is 1.83 bits per heavy atom. The van der Waals surface area contributed by atoms with E-state index in [1.807, 2.05) is 24.3 Å². The number of ether oxygens (including phenoxy) is 1. The molecule has 2 N–H and O–H groups in total. The van der Waals surface area contributed by atoms with E-state index in [2.05, 4.69) is 16.4 Å². The second-order valence-corrected chi connectivity index (χ2v) is 8.23. The lowest BCUT2D eigenvalue weighted by molar-refractivity contribution is 0.439. The van der Waals surface area contributed by atoms with Gasteiger partial charge in [-0.3, -0.25) is 4.79 Å². The van der Waals surface area contributed by atoms with Crippen molar-refractivity contribution in [3.63, 3.8) is 0 Å². The Kier molecular flexibility index (Phi) is 5.97. The lowest BCUT2D eigenvalue weighted by Crippen LogP contribution is -2.07. The number of halogens is 2. The zero-order valence-electron chi connectivity index (χ0n) is 19.2. The summed E-state index contributed by atoms with van der Waals surface area (Å²) < 4.78 is 35.4. The van der Waals surface area contributed by atoms with Crippen LogP contribution in [0.1, 0.15) is 11.1 Å². The summed E-state index contributed by atoms with van der Waals surface area (Å²) >= 11 is 0. The average molecular weight is 482 g/mol. The zero-order chi connectivity index (χ0) is 25.2. The van der Waals surface area contributed by atoms with E-state index in [4.69, 9.17) is 4.74 Å². The molecule has 0 saturated carbocycles. The summed E-state index contributed by atoms with van der Waals surface area (Å²) in [4.78, 5) is 15.1. The van der Waals surface area contributed by atoms with Crippen LogP contribution in [0.15, 0.2) is 83.9 Å². The molecule has 0 aliphatic heterocycles. The molecule has 0 saturated heterocycles. The summed E-state index contributed by atoms with van der Waals surface area (Å²) in [6.45, 7) is 0.408. The molecule has 0 unspecified atom stereocenters. The van der Waals surface area contributed by atoms with E-state index in [-0.39, 0.29) is 11.3 Å². The lowest BCUT2D eigenvalue weighted by atomic mass is 10.0. The first-order valence-corrected chi connectivity index (χ1v) is 11.1. The monoisotopic (exact) mass is 482 g/mol. The standard InChI is InChI=1S/C28H20F2N4O2/c1-34-16-23(21-10-11-32-28(35)27(21)34)22-13-20(33-15-18-5-3-2-4-17(18)14-31)7-9-25(22)36-26-8-6-19(29)12-24(26)30/h2-13,16,33H,15H2,1H3,(H,32,35). The molecular formula is C28H20F2N4O2. The summed E-state index contributed by atoms with van der Waals surface area (Å²) in [5, 5.41) is 13.4. The first kappa shape index (κ1) is 22.9. The Morgan fingerprint density at radius 3 is 2.64 bits per heavy atom. The van der Waals surface area contributed by atoms with Crippen molar-refractivity contribution >= 4 is 16.6 Å². The van der Waals surface area contributed by atoms with Crippen LogP contribution < -0.4 is 15.6 Å². The van der Waals surface area contributed by atoms with Crippen LogP contribution in [0.2, 0.25) is 0 Å². The molecule has 6 nitrogen and oxygen atoms in total. The summed E-state index contributed by atoms with van der Waals surface area (Å²) in [6, 6.07) is 19.7. The summed E-state index contributed by atoms with van der Waals surface area (Å²) in [5.74, 6) is -1.33. The molecule has 5 rings (SSSR count). The number of nitriles is 1. The molecule has 5 aromatic rings. The van der Waals surface area contributed by atoms with Gasteiger partial charge in [0, 0.05) is 54.3 Å². The Bertz CT molecular complexity index is 1700. The maximum Gasteiger partial charge on any atom is 0.272 e. The van der Waals surface area contributed by atoms with Crippen molar-refractivity contribution in [3.05, 3.63) is 112 Å². The number of nitrogens with zero attached hydrogens (tertiary/aromatic N) is 2. The van der Waals surface area contributed by atoms with Gasteiger partial charge in [0.25, 0.3) is 5.56 Å². The molecule has 0 amide bonds. The predicted octanol–water partition coefficient (Wildman–Crippen LogP) is 6.09. The number of anilines is 1. The number of fused-ring (bicyclic) bond motifs is 1. The van der Waals surface area contributed by atoms with E-state index < -0.39 is 11.6 Å². The number of hydrogen-bond acceptors (Lipinski definition) is 4. The third-order valence-corrected chi connectivity index (χ3v) is 5.90. The van der Waals surface area contributed by atoms with Crippen molar-refractivity contribution in [2.45, 2.75) is 6.54 Å². The van der Waals surface area contributed by atoms with Gasteiger partial charge in [-0.15, -0.1) is 0 Å². The maximum absolute atomic E-state index is 14.4. The van der Waals surface area contributed by atoms with Crippen LogP contribution >= 0.6 is 0 Å². The molecular weight excluding hydrogens is 462 g/mol. The Hall–Kier alpha value is -4.90. The van der Waals surface area contributed by atoms with E-state index in [1.54, 1.807) is 48.3 Å². The smallest absolute Gasteiger partial charge is 0.272 e. The summed E-state index contributed by atoms with van der Waals surface area (Å²) in [5.41, 5.74) is 3.69. The SMILES string of the molecule is Cn1cc(-c2cc(NCc3ccccc3C#N)ccc2Oc2ccc(F)cc2F)c2cc[nH]c(=O)c21. The van der Waals surface area contributed by atoms with E-state index >= 15 is 0 Å². The molecule has 36 heavy (non-hydrogen) atoms. The molecule has 8 heteroatoms. The van der Waals surface area contributed by atoms with Gasteiger partial charge >= 0.3 is 0 Å². The first-order valence-electron chi connectivity index (χ1n) is 11.1. The predicted molar refractivity (Wildman–Crippen MR) is 134 cm³/mol. The van der Waals surface area contributed by atoms with Gasteiger partial charge < -0.3 is 19.6 Å². The minimum Gasteiger partial charge on any atom is -0.454 e. The van der Waals surface area contributed by atoms with Gasteiger partial charge in [-0.1, -0.05) is 18.2 Å². The molecule has 0 bridgehead atoms. The van der Waals surface area contributed by atoms with Crippen LogP contribution in [0, 0.1) is 23.0 Å². The van der Waals surface area contributed by atoms with Crippen molar-refractivity contribution in [2.75, 3.05) is 5.32 Å². The normalized spacial score (nSPS) is 10.8. The van der Waals surface area contributed by atoms with Gasteiger partial charge in [-0.05, 0) is 48.0 Å². The van der Waals surface area contributed by atoms with E-state index in [0.29, 0.717) is 39.9 Å². The van der Waals surface area contributed by atoms with Gasteiger partial charge in [0.15, 0.2) is 11.6 Å². The van der Waals surface area contributed by atoms with Crippen molar-refractivity contribution in [1.82, 2.24) is 9.55 Å². The van der Waals surface area contributed by atoms with E-state index in [1.165, 1.54) is 6.07 Å². The van der Waals surface area contributed by atoms with Crippen molar-refractivity contribution < 1.29 is 13.5 Å². The van der Waals surface area contributed by atoms with Crippen molar-refractivity contribution in [2.24, 2.45) is 7.05 Å². The number of H-pyrrole nitrogens is 1. The molecule has 2 aromatic heterocycles. The largest absolute Gasteiger partial charge is 0.454 e. The van der Waals surface area contributed by atoms with E-state index in [0.717, 1.165) is 23.4 Å². The number of aromatic nitrogens is 2. The molecule has 2 heterocycles. The number of aromatic amines is 1. The van der Waals surface area contributed by atoms with Crippen molar-refractivity contribution in [3.8, 4) is 28.7 Å². The fraction of sp³-hybridized carbons (Fsp3) is 0.0714. The van der Waals surface area contributed by atoms with Crippen LogP contribution in [0.3, 0.4) is 0 Å². The Labute approximate surface area is 205 Å². The third kappa shape index (κ3) is 4.30. The molecule has 0 atom stereocenters. The average Bonchev–Trinajstić information content (AvgIpc) is 3.22. The Balaban J connectivity index is 1.60. The van der Waals surface area contributed by atoms with Crippen LogP contribution in [0.25, 0.3) is 22.0 Å². The molecule has 0 aliphatic carbocycles. The fourth-order valence-corrected chi connectivity index (χ4v) is 4.18. The molecule has 0 fully saturated rings. The number of rotatable bonds is 6. The topological polar surface area (TPSA) is 82.8 Å². The number of aryl methyl sites for hydroxylation is 1. The highest BCUT2D eigenvalue weighted by atomic mass is 19.1. The van der Waals surface area contributed by atoms with E-state index in [9.17, 15) is 18.8 Å². The number of nitrogens with one attached hydrogen (secondary N) is 2. The highest BCUT2D eigenvalue weighted by Gasteiger charge is 2.18. The van der Waals surface area contributed by atoms with Gasteiger partial charge in [0.2, 0.25) is 0 Å². The second kappa shape index (κ2) is 9.39. The minimum atomic E-state index is -0.828. The third-order valence-electron chi connectivity index (χ3n) is 5.90. The quantitative estimate of drug-likeness (QED) is 0.307. The number of pyridine rings is 1. The number of benzene rings is 3. The maximum atomic E-state index is 14.4. The van der Waals surface area contributed by atoms with Gasteiger partial charge in [-0.2, -0.15) is 5.26 Å². The summed E-state index contributed by atoms with van der Waals surface area (Å²) in [6.07, 6.45) is 3.37. The van der Waals surface area contributed by atoms with Crippen LogP contribution in [0.4, 0.5) is 14.5 Å². The first-order chi connectivity index (χ1) is 17.4. The highest BCUT2D eigenvalue weighted by Crippen LogP contribution is 2.39. The van der Waals surface area contributed by atoms with Crippen LogP contribution in [-0.2, 0) is 13.6 Å². The van der Waals surface area contributed by atoms with Crippen molar-refractivity contribution in [1.29, 1.82) is 5.26 Å². The lowest BCUT2D eigenvalue weighted by Gasteiger charge is -2.15. The highest BCUT2D eigenvalue weighted by molar-refractivity contribution is 5.97. The second-order valence-electron chi connectivity index (χ2n) is 8.23.